The number of hydrogen-bond donors (Lipinski definition) is 2. The van der Waals surface area contributed by atoms with Gasteiger partial charge in [-0.2, -0.15) is 5.10 Å². The molecule has 8 heteroatoms. The first-order chi connectivity index (χ1) is 9.93. The molecule has 1 unspecified atom stereocenters. The maximum atomic E-state index is 12.2. The van der Waals surface area contributed by atoms with Crippen LogP contribution >= 0.6 is 11.3 Å². The lowest BCUT2D eigenvalue weighted by molar-refractivity contribution is -0.139. The standard InChI is InChI=1S/C13H17N3O4S/c1-7-8-6-10(21-12(8)16(2)15-7)11(17)14-9(13(18)19)4-5-20-3/h6,9H,4-5H2,1-3H3,(H,14,17)(H,18,19). The lowest BCUT2D eigenvalue weighted by Crippen LogP contribution is -2.41. The van der Waals surface area contributed by atoms with Gasteiger partial charge in [-0.1, -0.05) is 0 Å². The van der Waals surface area contributed by atoms with Crippen molar-refractivity contribution in [3.63, 3.8) is 0 Å². The molecule has 0 saturated heterocycles. The molecule has 1 amide bonds. The predicted molar refractivity (Wildman–Crippen MR) is 78.7 cm³/mol. The SMILES string of the molecule is COCCC(NC(=O)c1cc2c(C)nn(C)c2s1)C(=O)O. The molecule has 7 nitrogen and oxygen atoms in total. The molecule has 2 heterocycles. The topological polar surface area (TPSA) is 93.5 Å². The minimum Gasteiger partial charge on any atom is -0.480 e. The summed E-state index contributed by atoms with van der Waals surface area (Å²) in [6.45, 7) is 2.14. The van der Waals surface area contributed by atoms with Crippen LogP contribution in [0.2, 0.25) is 0 Å². The quantitative estimate of drug-likeness (QED) is 0.835. The number of carboxylic acid groups (broad SMARTS) is 1. The lowest BCUT2D eigenvalue weighted by atomic mass is 10.2. The number of carboxylic acids is 1. The number of thiophene rings is 1. The van der Waals surface area contributed by atoms with E-state index in [1.807, 2.05) is 14.0 Å². The average molecular weight is 311 g/mol. The van der Waals surface area contributed by atoms with E-state index in [2.05, 4.69) is 10.4 Å². The number of nitrogens with zero attached hydrogens (tertiary/aromatic N) is 2. The minimum absolute atomic E-state index is 0.225. The summed E-state index contributed by atoms with van der Waals surface area (Å²) in [6, 6.07) is 0.786. The zero-order valence-corrected chi connectivity index (χ0v) is 12.9. The molecular formula is C13H17N3O4S. The average Bonchev–Trinajstić information content (AvgIpc) is 2.97. The molecule has 0 aromatic carbocycles. The van der Waals surface area contributed by atoms with Gasteiger partial charge in [-0.05, 0) is 13.0 Å². The van der Waals surface area contributed by atoms with Gasteiger partial charge in [0.1, 0.15) is 10.9 Å². The molecule has 0 saturated carbocycles. The van der Waals surface area contributed by atoms with Crippen LogP contribution in [0.4, 0.5) is 0 Å². The minimum atomic E-state index is -1.07. The molecule has 2 N–H and O–H groups in total. The summed E-state index contributed by atoms with van der Waals surface area (Å²) < 4.78 is 6.57. The third-order valence-corrected chi connectivity index (χ3v) is 4.33. The summed E-state index contributed by atoms with van der Waals surface area (Å²) in [4.78, 5) is 24.7. The fourth-order valence-corrected chi connectivity index (χ4v) is 3.07. The normalized spacial score (nSPS) is 12.5. The first kappa shape index (κ1) is 15.5. The summed E-state index contributed by atoms with van der Waals surface area (Å²) >= 11 is 1.29. The van der Waals surface area contributed by atoms with Crippen molar-refractivity contribution >= 4 is 33.4 Å². The van der Waals surface area contributed by atoms with Crippen molar-refractivity contribution in [1.82, 2.24) is 15.1 Å². The number of methoxy groups -OCH3 is 1. The molecule has 2 aromatic heterocycles. The molecule has 2 rings (SSSR count). The summed E-state index contributed by atoms with van der Waals surface area (Å²) in [6.07, 6.45) is 0.225. The van der Waals surface area contributed by atoms with Gasteiger partial charge in [-0.3, -0.25) is 9.48 Å². The molecule has 21 heavy (non-hydrogen) atoms. The Kier molecular flexibility index (Phi) is 4.59. The second kappa shape index (κ2) is 6.23. The van der Waals surface area contributed by atoms with Crippen molar-refractivity contribution in [2.45, 2.75) is 19.4 Å². The van der Waals surface area contributed by atoms with Crippen LogP contribution < -0.4 is 5.32 Å². The van der Waals surface area contributed by atoms with Gasteiger partial charge < -0.3 is 15.2 Å². The number of aromatic nitrogens is 2. The van der Waals surface area contributed by atoms with E-state index < -0.39 is 12.0 Å². The van der Waals surface area contributed by atoms with Gasteiger partial charge in [-0.15, -0.1) is 11.3 Å². The lowest BCUT2D eigenvalue weighted by Gasteiger charge is -2.13. The maximum Gasteiger partial charge on any atom is 0.326 e. The maximum absolute atomic E-state index is 12.2. The molecule has 0 fully saturated rings. The Morgan fingerprint density at radius 2 is 2.29 bits per heavy atom. The smallest absolute Gasteiger partial charge is 0.326 e. The molecule has 114 valence electrons. The first-order valence-corrected chi connectivity index (χ1v) is 7.21. The Hall–Kier alpha value is -1.93. The van der Waals surface area contributed by atoms with Crippen molar-refractivity contribution in [2.24, 2.45) is 7.05 Å². The highest BCUT2D eigenvalue weighted by Crippen LogP contribution is 2.27. The van der Waals surface area contributed by atoms with Crippen molar-refractivity contribution < 1.29 is 19.4 Å². The highest BCUT2D eigenvalue weighted by atomic mass is 32.1. The van der Waals surface area contributed by atoms with Crippen LogP contribution in [0.1, 0.15) is 21.8 Å². The summed E-state index contributed by atoms with van der Waals surface area (Å²) in [5, 5.41) is 16.8. The number of carbonyl (C=O) groups excluding carboxylic acids is 1. The van der Waals surface area contributed by atoms with E-state index in [1.165, 1.54) is 18.4 Å². The van der Waals surface area contributed by atoms with Crippen molar-refractivity contribution in [3.8, 4) is 0 Å². The van der Waals surface area contributed by atoms with Crippen LogP contribution in [-0.4, -0.2) is 46.5 Å². The van der Waals surface area contributed by atoms with Crippen LogP contribution in [0.25, 0.3) is 10.2 Å². The second-order valence-corrected chi connectivity index (χ2v) is 5.71. The van der Waals surface area contributed by atoms with E-state index in [4.69, 9.17) is 9.84 Å². The largest absolute Gasteiger partial charge is 0.480 e. The van der Waals surface area contributed by atoms with Gasteiger partial charge in [0, 0.05) is 32.6 Å². The molecule has 0 aliphatic carbocycles. The summed E-state index contributed by atoms with van der Waals surface area (Å²) in [7, 11) is 3.30. The van der Waals surface area contributed by atoms with Gasteiger partial charge in [0.2, 0.25) is 0 Å². The van der Waals surface area contributed by atoms with Crippen molar-refractivity contribution in [3.05, 3.63) is 16.6 Å². The van der Waals surface area contributed by atoms with Crippen molar-refractivity contribution in [2.75, 3.05) is 13.7 Å². The zero-order valence-electron chi connectivity index (χ0n) is 12.0. The van der Waals surface area contributed by atoms with Crippen LogP contribution in [0.3, 0.4) is 0 Å². The van der Waals surface area contributed by atoms with E-state index in [-0.39, 0.29) is 18.9 Å². The van der Waals surface area contributed by atoms with Gasteiger partial charge in [0.05, 0.1) is 10.6 Å². The number of amides is 1. The summed E-state index contributed by atoms with van der Waals surface area (Å²) in [5.41, 5.74) is 0.844. The van der Waals surface area contributed by atoms with E-state index in [0.717, 1.165) is 15.9 Å². The van der Waals surface area contributed by atoms with E-state index >= 15 is 0 Å². The zero-order chi connectivity index (χ0) is 15.6. The number of ether oxygens (including phenoxy) is 1. The van der Waals surface area contributed by atoms with E-state index in [1.54, 1.807) is 10.7 Å². The molecule has 0 spiro atoms. The Morgan fingerprint density at radius 1 is 1.57 bits per heavy atom. The molecule has 2 aromatic rings. The number of hydrogen-bond acceptors (Lipinski definition) is 5. The highest BCUT2D eigenvalue weighted by Gasteiger charge is 2.22. The number of fused-ring (bicyclic) bond motifs is 1. The number of rotatable bonds is 6. The van der Waals surface area contributed by atoms with Crippen LogP contribution in [-0.2, 0) is 16.6 Å². The van der Waals surface area contributed by atoms with Crippen molar-refractivity contribution in [1.29, 1.82) is 0 Å². The highest BCUT2D eigenvalue weighted by molar-refractivity contribution is 7.20. The number of aliphatic carboxylic acids is 1. The third kappa shape index (κ3) is 3.22. The van der Waals surface area contributed by atoms with Gasteiger partial charge in [0.25, 0.3) is 5.91 Å². The molecule has 0 aliphatic rings. The first-order valence-electron chi connectivity index (χ1n) is 6.39. The number of aryl methyl sites for hydroxylation is 2. The number of nitrogens with one attached hydrogen (secondary N) is 1. The molecular weight excluding hydrogens is 294 g/mol. The Bertz CT molecular complexity index is 642. The molecule has 0 aliphatic heterocycles. The summed E-state index contributed by atoms with van der Waals surface area (Å²) in [5.74, 6) is -1.46. The van der Waals surface area contributed by atoms with Crippen LogP contribution in [0, 0.1) is 6.92 Å². The van der Waals surface area contributed by atoms with Crippen LogP contribution in [0.5, 0.6) is 0 Å². The second-order valence-electron chi connectivity index (χ2n) is 4.68. The molecule has 1 atom stereocenters. The Morgan fingerprint density at radius 3 is 2.86 bits per heavy atom. The molecule has 0 bridgehead atoms. The van der Waals surface area contributed by atoms with Gasteiger partial charge in [-0.25, -0.2) is 4.79 Å². The number of carbonyl (C=O) groups is 2. The Labute approximate surface area is 125 Å². The van der Waals surface area contributed by atoms with Gasteiger partial charge in [0.15, 0.2) is 0 Å². The third-order valence-electron chi connectivity index (χ3n) is 3.13. The Balaban J connectivity index is 2.17. The predicted octanol–water partition coefficient (Wildman–Crippen LogP) is 1.16. The van der Waals surface area contributed by atoms with E-state index in [9.17, 15) is 9.59 Å². The molecule has 0 radical (unpaired) electrons. The monoisotopic (exact) mass is 311 g/mol. The van der Waals surface area contributed by atoms with Gasteiger partial charge >= 0.3 is 5.97 Å². The fraction of sp³-hybridized carbons (Fsp3) is 0.462. The fourth-order valence-electron chi connectivity index (χ4n) is 2.04. The van der Waals surface area contributed by atoms with Crippen LogP contribution in [0.15, 0.2) is 6.07 Å². The van der Waals surface area contributed by atoms with E-state index in [0.29, 0.717) is 4.88 Å².